The van der Waals surface area contributed by atoms with Crippen LogP contribution in [0, 0.1) is 5.92 Å². The maximum Gasteiger partial charge on any atom is 0.251 e. The first-order valence-electron chi connectivity index (χ1n) is 10.5. The second-order valence-electron chi connectivity index (χ2n) is 7.85. The quantitative estimate of drug-likeness (QED) is 0.781. The molecule has 4 rings (SSSR count). The monoisotopic (exact) mass is 395 g/mol. The third-order valence-electron chi connectivity index (χ3n) is 5.67. The number of aromatic nitrogens is 1. The number of amides is 1. The van der Waals surface area contributed by atoms with Crippen LogP contribution in [-0.2, 0) is 33.7 Å². The molecule has 1 saturated heterocycles. The first-order valence-corrected chi connectivity index (χ1v) is 10.5. The molecule has 29 heavy (non-hydrogen) atoms. The van der Waals surface area contributed by atoms with E-state index in [-0.39, 0.29) is 12.5 Å². The summed E-state index contributed by atoms with van der Waals surface area (Å²) in [7, 11) is 0. The third-order valence-corrected chi connectivity index (χ3v) is 5.67. The van der Waals surface area contributed by atoms with E-state index in [4.69, 9.17) is 9.47 Å². The molecule has 6 heteroatoms. The Labute approximate surface area is 172 Å². The number of hydrogen-bond acceptors (Lipinski definition) is 5. The molecule has 0 aliphatic carbocycles. The highest BCUT2D eigenvalue weighted by Gasteiger charge is 2.18. The van der Waals surface area contributed by atoms with E-state index in [2.05, 4.69) is 39.5 Å². The minimum absolute atomic E-state index is 0.0472. The molecule has 1 fully saturated rings. The van der Waals surface area contributed by atoms with Crippen LogP contribution < -0.4 is 5.32 Å². The number of fused-ring (bicyclic) bond motifs is 1. The molecular formula is C23H29N3O3. The molecule has 1 atom stereocenters. The fourth-order valence-corrected chi connectivity index (χ4v) is 3.99. The normalized spacial score (nSPS) is 19.5. The van der Waals surface area contributed by atoms with Gasteiger partial charge in [0.25, 0.3) is 5.91 Å². The molecule has 0 unspecified atom stereocenters. The van der Waals surface area contributed by atoms with Gasteiger partial charge in [-0.25, -0.2) is 4.98 Å². The Balaban J connectivity index is 1.30. The van der Waals surface area contributed by atoms with Crippen LogP contribution in [0.25, 0.3) is 0 Å². The van der Waals surface area contributed by atoms with Gasteiger partial charge >= 0.3 is 0 Å². The first-order chi connectivity index (χ1) is 14.3. The molecule has 0 spiro atoms. The van der Waals surface area contributed by atoms with Crippen molar-refractivity contribution in [3.8, 4) is 0 Å². The fourth-order valence-electron chi connectivity index (χ4n) is 3.99. The average molecular weight is 396 g/mol. The van der Waals surface area contributed by atoms with Crippen molar-refractivity contribution in [1.29, 1.82) is 0 Å². The van der Waals surface area contributed by atoms with Gasteiger partial charge in [-0.1, -0.05) is 30.3 Å². The molecule has 0 bridgehead atoms. The molecule has 0 saturated carbocycles. The summed E-state index contributed by atoms with van der Waals surface area (Å²) in [6.07, 6.45) is 4.83. The summed E-state index contributed by atoms with van der Waals surface area (Å²) in [5, 5.41) is 2.93. The van der Waals surface area contributed by atoms with Crippen molar-refractivity contribution < 1.29 is 14.3 Å². The lowest BCUT2D eigenvalue weighted by molar-refractivity contribution is -0.121. The largest absolute Gasteiger partial charge is 0.381 e. The summed E-state index contributed by atoms with van der Waals surface area (Å²) >= 11 is 0. The number of carbonyl (C=O) groups is 1. The summed E-state index contributed by atoms with van der Waals surface area (Å²) in [5.74, 6) is 0.875. The van der Waals surface area contributed by atoms with E-state index >= 15 is 0 Å². The van der Waals surface area contributed by atoms with Gasteiger partial charge in [0.15, 0.2) is 0 Å². The number of ether oxygens (including phenoxy) is 2. The maximum absolute atomic E-state index is 12.3. The summed E-state index contributed by atoms with van der Waals surface area (Å²) in [5.41, 5.74) is 3.93. The van der Waals surface area contributed by atoms with E-state index in [1.54, 1.807) is 6.20 Å². The number of rotatable bonds is 7. The van der Waals surface area contributed by atoms with E-state index in [1.807, 2.05) is 12.1 Å². The van der Waals surface area contributed by atoms with E-state index in [0.29, 0.717) is 18.3 Å². The summed E-state index contributed by atoms with van der Waals surface area (Å²) in [6, 6.07) is 12.7. The van der Waals surface area contributed by atoms with Crippen LogP contribution in [0.15, 0.2) is 42.6 Å². The minimum Gasteiger partial charge on any atom is -0.381 e. The highest BCUT2D eigenvalue weighted by Crippen LogP contribution is 2.19. The SMILES string of the molecule is O=C(COC[C@@H]1CCOC1)Nc1ncccc1CN1CCc2ccccc2CC1. The topological polar surface area (TPSA) is 63.7 Å². The highest BCUT2D eigenvalue weighted by atomic mass is 16.5. The van der Waals surface area contributed by atoms with Gasteiger partial charge in [-0.15, -0.1) is 0 Å². The molecule has 6 nitrogen and oxygen atoms in total. The van der Waals surface area contributed by atoms with Gasteiger partial charge in [0.1, 0.15) is 12.4 Å². The Hall–Kier alpha value is -2.28. The van der Waals surface area contributed by atoms with Gasteiger partial charge in [-0.2, -0.15) is 0 Å². The van der Waals surface area contributed by atoms with Crippen molar-refractivity contribution in [3.05, 3.63) is 59.3 Å². The number of nitrogens with zero attached hydrogens (tertiary/aromatic N) is 2. The van der Waals surface area contributed by atoms with Gasteiger partial charge in [0.2, 0.25) is 0 Å². The van der Waals surface area contributed by atoms with Crippen molar-refractivity contribution in [1.82, 2.24) is 9.88 Å². The predicted molar refractivity (Wildman–Crippen MR) is 112 cm³/mol. The maximum atomic E-state index is 12.3. The van der Waals surface area contributed by atoms with Crippen molar-refractivity contribution in [2.75, 3.05) is 44.8 Å². The van der Waals surface area contributed by atoms with Gasteiger partial charge in [0.05, 0.1) is 13.2 Å². The van der Waals surface area contributed by atoms with Crippen molar-refractivity contribution in [2.45, 2.75) is 25.8 Å². The lowest BCUT2D eigenvalue weighted by atomic mass is 10.0. The third kappa shape index (κ3) is 5.63. The van der Waals surface area contributed by atoms with Crippen LogP contribution >= 0.6 is 0 Å². The van der Waals surface area contributed by atoms with Gasteiger partial charge in [-0.05, 0) is 36.5 Å². The lowest BCUT2D eigenvalue weighted by Crippen LogP contribution is -2.27. The summed E-state index contributed by atoms with van der Waals surface area (Å²) in [6.45, 7) is 4.92. The van der Waals surface area contributed by atoms with Gasteiger partial charge < -0.3 is 14.8 Å². The first kappa shape index (κ1) is 20.0. The van der Waals surface area contributed by atoms with Crippen molar-refractivity contribution in [3.63, 3.8) is 0 Å². The Bertz CT molecular complexity index is 794. The van der Waals surface area contributed by atoms with Crippen molar-refractivity contribution in [2.24, 2.45) is 5.92 Å². The zero-order valence-electron chi connectivity index (χ0n) is 16.8. The van der Waals surface area contributed by atoms with Crippen molar-refractivity contribution >= 4 is 11.7 Å². The zero-order chi connectivity index (χ0) is 19.9. The molecule has 154 valence electrons. The molecule has 3 heterocycles. The Morgan fingerprint density at radius 1 is 1.17 bits per heavy atom. The van der Waals surface area contributed by atoms with Crippen LogP contribution in [0.4, 0.5) is 5.82 Å². The van der Waals surface area contributed by atoms with E-state index < -0.39 is 0 Å². The van der Waals surface area contributed by atoms with E-state index in [9.17, 15) is 4.79 Å². The van der Waals surface area contributed by atoms with E-state index in [0.717, 1.165) is 57.7 Å². The Morgan fingerprint density at radius 3 is 2.69 bits per heavy atom. The molecule has 1 N–H and O–H groups in total. The van der Waals surface area contributed by atoms with Crippen LogP contribution in [-0.4, -0.2) is 55.3 Å². The second kappa shape index (κ2) is 9.96. The van der Waals surface area contributed by atoms with Gasteiger partial charge in [0, 0.05) is 43.9 Å². The molecule has 1 amide bonds. The smallest absolute Gasteiger partial charge is 0.251 e. The lowest BCUT2D eigenvalue weighted by Gasteiger charge is -2.21. The molecule has 0 radical (unpaired) electrons. The standard InChI is InChI=1S/C23H29N3O3/c27-22(17-29-16-18-9-13-28-15-18)25-23-21(6-3-10-24-23)14-26-11-7-19-4-1-2-5-20(19)8-12-26/h1-6,10,18H,7-9,11-17H2,(H,24,25,27)/t18-/m1/s1. The molecule has 2 aliphatic heterocycles. The second-order valence-corrected chi connectivity index (χ2v) is 7.85. The number of carbonyl (C=O) groups excluding carboxylic acids is 1. The number of anilines is 1. The molecule has 1 aromatic carbocycles. The summed E-state index contributed by atoms with van der Waals surface area (Å²) < 4.78 is 10.9. The minimum atomic E-state index is -0.160. The zero-order valence-corrected chi connectivity index (χ0v) is 16.8. The van der Waals surface area contributed by atoms with Crippen LogP contribution in [0.2, 0.25) is 0 Å². The van der Waals surface area contributed by atoms with E-state index in [1.165, 1.54) is 11.1 Å². The van der Waals surface area contributed by atoms with Crippen LogP contribution in [0.3, 0.4) is 0 Å². The average Bonchev–Trinajstić information content (AvgIpc) is 3.17. The predicted octanol–water partition coefficient (Wildman–Crippen LogP) is 2.67. The molecule has 2 aliphatic rings. The summed E-state index contributed by atoms with van der Waals surface area (Å²) in [4.78, 5) is 19.1. The molecular weight excluding hydrogens is 366 g/mol. The van der Waals surface area contributed by atoms with Crippen LogP contribution in [0.1, 0.15) is 23.1 Å². The fraction of sp³-hybridized carbons (Fsp3) is 0.478. The Morgan fingerprint density at radius 2 is 1.97 bits per heavy atom. The molecule has 1 aromatic heterocycles. The number of nitrogens with one attached hydrogen (secondary N) is 1. The highest BCUT2D eigenvalue weighted by molar-refractivity contribution is 5.91. The number of hydrogen-bond donors (Lipinski definition) is 1. The number of pyridine rings is 1. The number of benzene rings is 1. The Kier molecular flexibility index (Phi) is 6.87. The van der Waals surface area contributed by atoms with Gasteiger partial charge in [-0.3, -0.25) is 9.69 Å². The van der Waals surface area contributed by atoms with Crippen LogP contribution in [0.5, 0.6) is 0 Å². The molecule has 2 aromatic rings.